The lowest BCUT2D eigenvalue weighted by atomic mass is 10.2. The number of carboxylic acids is 1. The molecule has 1 heterocycles. The van der Waals surface area contributed by atoms with E-state index in [1.54, 1.807) is 0 Å². The van der Waals surface area contributed by atoms with Gasteiger partial charge in [-0.3, -0.25) is 9.00 Å². The van der Waals surface area contributed by atoms with Gasteiger partial charge in [0, 0.05) is 20.1 Å². The summed E-state index contributed by atoms with van der Waals surface area (Å²) >= 11 is 4.80. The normalized spacial score (nSPS) is 13.8. The molecule has 84 valence electrons. The fraction of sp³-hybridized carbons (Fsp3) is 0.444. The Morgan fingerprint density at radius 1 is 1.67 bits per heavy atom. The second-order valence-corrected chi connectivity index (χ2v) is 7.35. The van der Waals surface area contributed by atoms with Gasteiger partial charge in [-0.25, -0.2) is 0 Å². The Bertz CT molecular complexity index is 398. The van der Waals surface area contributed by atoms with Gasteiger partial charge in [-0.05, 0) is 41.2 Å². The van der Waals surface area contributed by atoms with Gasteiger partial charge in [0.2, 0.25) is 0 Å². The molecule has 1 N–H and O–H groups in total. The molecular weight excluding hydrogens is 300 g/mol. The number of aliphatic carboxylic acids is 1. The van der Waals surface area contributed by atoms with Gasteiger partial charge in [0.15, 0.2) is 0 Å². The third kappa shape index (κ3) is 2.89. The number of carbonyl (C=O) groups is 1. The van der Waals surface area contributed by atoms with Gasteiger partial charge < -0.3 is 5.11 Å². The third-order valence-corrected chi connectivity index (χ3v) is 6.01. The maximum Gasteiger partial charge on any atom is 0.321 e. The topological polar surface area (TPSA) is 54.4 Å². The van der Waals surface area contributed by atoms with Gasteiger partial charge in [0.05, 0.1) is 5.75 Å². The molecular formula is C9H11BrO3S2. The zero-order valence-corrected chi connectivity index (χ0v) is 11.5. The first-order valence-electron chi connectivity index (χ1n) is 4.19. The second-order valence-electron chi connectivity index (χ2n) is 3.50. The Labute approximate surface area is 103 Å². The van der Waals surface area contributed by atoms with Crippen molar-refractivity contribution in [1.29, 1.82) is 0 Å². The Morgan fingerprint density at radius 2 is 2.27 bits per heavy atom. The molecule has 6 heteroatoms. The lowest BCUT2D eigenvalue weighted by Crippen LogP contribution is -2.37. The van der Waals surface area contributed by atoms with Crippen molar-refractivity contribution in [3.8, 4) is 0 Å². The molecule has 0 aliphatic rings. The number of halogens is 1. The second kappa shape index (κ2) is 4.76. The first kappa shape index (κ1) is 12.9. The maximum atomic E-state index is 11.8. The van der Waals surface area contributed by atoms with Crippen molar-refractivity contribution >= 4 is 44.0 Å². The highest BCUT2D eigenvalue weighted by Crippen LogP contribution is 2.27. The van der Waals surface area contributed by atoms with E-state index in [0.29, 0.717) is 0 Å². The van der Waals surface area contributed by atoms with E-state index >= 15 is 0 Å². The van der Waals surface area contributed by atoms with Gasteiger partial charge in [-0.1, -0.05) is 0 Å². The average Bonchev–Trinajstić information content (AvgIpc) is 2.51. The van der Waals surface area contributed by atoms with Crippen LogP contribution in [0.4, 0.5) is 0 Å². The summed E-state index contributed by atoms with van der Waals surface area (Å²) in [4.78, 5) is 11.8. The molecule has 0 radical (unpaired) electrons. The quantitative estimate of drug-likeness (QED) is 0.930. The summed E-state index contributed by atoms with van der Waals surface area (Å²) < 4.78 is 11.5. The minimum Gasteiger partial charge on any atom is -0.480 e. The summed E-state index contributed by atoms with van der Waals surface area (Å²) in [5, 5.41) is 10.8. The SMILES string of the molecule is CC(C)(C(=O)O)S(=O)Cc1sccc1Br. The minimum atomic E-state index is -1.42. The fourth-order valence-electron chi connectivity index (χ4n) is 0.825. The van der Waals surface area contributed by atoms with Crippen molar-refractivity contribution in [1.82, 2.24) is 0 Å². The fourth-order valence-corrected chi connectivity index (χ4v) is 3.83. The molecule has 0 aromatic carbocycles. The van der Waals surface area contributed by atoms with E-state index in [9.17, 15) is 9.00 Å². The molecule has 1 atom stereocenters. The zero-order chi connectivity index (χ0) is 11.6. The average molecular weight is 311 g/mol. The Balaban J connectivity index is 2.81. The van der Waals surface area contributed by atoms with Crippen molar-refractivity contribution < 1.29 is 14.1 Å². The third-order valence-electron chi connectivity index (χ3n) is 2.04. The lowest BCUT2D eigenvalue weighted by molar-refractivity contribution is -0.139. The smallest absolute Gasteiger partial charge is 0.321 e. The monoisotopic (exact) mass is 310 g/mol. The van der Waals surface area contributed by atoms with Crippen molar-refractivity contribution in [2.75, 3.05) is 0 Å². The van der Waals surface area contributed by atoms with E-state index in [-0.39, 0.29) is 5.75 Å². The molecule has 0 saturated carbocycles. The van der Waals surface area contributed by atoms with E-state index in [1.165, 1.54) is 25.2 Å². The van der Waals surface area contributed by atoms with Crippen LogP contribution in [0.3, 0.4) is 0 Å². The summed E-state index contributed by atoms with van der Waals surface area (Å²) in [7, 11) is -1.42. The number of rotatable bonds is 4. The number of hydrogen-bond acceptors (Lipinski definition) is 3. The van der Waals surface area contributed by atoms with Gasteiger partial charge in [0.25, 0.3) is 0 Å². The first-order chi connectivity index (χ1) is 6.85. The number of thiophene rings is 1. The standard InChI is InChI=1S/C9H11BrO3S2/c1-9(2,8(11)12)15(13)5-7-6(10)3-4-14-7/h3-4H,5H2,1-2H3,(H,11,12). The molecule has 1 aromatic rings. The predicted molar refractivity (Wildman–Crippen MR) is 65.6 cm³/mol. The largest absolute Gasteiger partial charge is 0.480 e. The molecule has 15 heavy (non-hydrogen) atoms. The zero-order valence-electron chi connectivity index (χ0n) is 8.32. The Morgan fingerprint density at radius 3 is 2.67 bits per heavy atom. The van der Waals surface area contributed by atoms with Crippen LogP contribution in [0.2, 0.25) is 0 Å². The van der Waals surface area contributed by atoms with Crippen LogP contribution in [-0.4, -0.2) is 20.0 Å². The van der Waals surface area contributed by atoms with Gasteiger partial charge in [0.1, 0.15) is 4.75 Å². The van der Waals surface area contributed by atoms with Crippen LogP contribution in [0.25, 0.3) is 0 Å². The van der Waals surface area contributed by atoms with E-state index in [4.69, 9.17) is 5.11 Å². The van der Waals surface area contributed by atoms with Gasteiger partial charge in [-0.2, -0.15) is 0 Å². The van der Waals surface area contributed by atoms with E-state index in [2.05, 4.69) is 15.9 Å². The molecule has 0 bridgehead atoms. The van der Waals surface area contributed by atoms with E-state index < -0.39 is 21.5 Å². The molecule has 1 rings (SSSR count). The summed E-state index contributed by atoms with van der Waals surface area (Å²) in [6.07, 6.45) is 0. The van der Waals surface area contributed by atoms with Crippen LogP contribution < -0.4 is 0 Å². The van der Waals surface area contributed by atoms with Crippen LogP contribution in [0.1, 0.15) is 18.7 Å². The minimum absolute atomic E-state index is 0.275. The van der Waals surface area contributed by atoms with Gasteiger partial charge in [-0.15, -0.1) is 11.3 Å². The molecule has 0 saturated heterocycles. The molecule has 0 aliphatic carbocycles. The highest BCUT2D eigenvalue weighted by molar-refractivity contribution is 9.10. The van der Waals surface area contributed by atoms with Gasteiger partial charge >= 0.3 is 5.97 Å². The Hall–Kier alpha value is -0.200. The predicted octanol–water partition coefficient (Wildman–Crippen LogP) is 2.62. The summed E-state index contributed by atoms with van der Waals surface area (Å²) in [5.41, 5.74) is 0. The van der Waals surface area contributed by atoms with Crippen molar-refractivity contribution in [3.05, 3.63) is 20.8 Å². The molecule has 0 fully saturated rings. The van der Waals surface area contributed by atoms with Crippen LogP contribution in [-0.2, 0) is 21.3 Å². The molecule has 0 spiro atoms. The van der Waals surface area contributed by atoms with Crippen LogP contribution in [0.5, 0.6) is 0 Å². The molecule has 0 amide bonds. The van der Waals surface area contributed by atoms with Crippen molar-refractivity contribution in [2.45, 2.75) is 24.3 Å². The maximum absolute atomic E-state index is 11.8. The van der Waals surface area contributed by atoms with Crippen molar-refractivity contribution in [2.24, 2.45) is 0 Å². The van der Waals surface area contributed by atoms with Crippen LogP contribution >= 0.6 is 27.3 Å². The Kier molecular flexibility index (Phi) is 4.08. The summed E-state index contributed by atoms with van der Waals surface area (Å²) in [6.45, 7) is 2.96. The first-order valence-corrected chi connectivity index (χ1v) is 7.18. The number of hydrogen-bond donors (Lipinski definition) is 1. The number of carboxylic acid groups (broad SMARTS) is 1. The van der Waals surface area contributed by atoms with Crippen molar-refractivity contribution in [3.63, 3.8) is 0 Å². The molecule has 1 unspecified atom stereocenters. The lowest BCUT2D eigenvalue weighted by Gasteiger charge is -2.17. The van der Waals surface area contributed by atoms with E-state index in [0.717, 1.165) is 9.35 Å². The molecule has 3 nitrogen and oxygen atoms in total. The highest BCUT2D eigenvalue weighted by Gasteiger charge is 2.34. The van der Waals surface area contributed by atoms with Crippen LogP contribution in [0.15, 0.2) is 15.9 Å². The molecule has 0 aliphatic heterocycles. The highest BCUT2D eigenvalue weighted by atomic mass is 79.9. The summed E-state index contributed by atoms with van der Waals surface area (Å²) in [6, 6.07) is 1.87. The van der Waals surface area contributed by atoms with Crippen LogP contribution in [0, 0.1) is 0 Å². The summed E-state index contributed by atoms with van der Waals surface area (Å²) in [5.74, 6) is -0.758. The molecule has 1 aromatic heterocycles. The van der Waals surface area contributed by atoms with E-state index in [1.807, 2.05) is 11.4 Å².